The number of nitrogens with one attached hydrogen (secondary N) is 1. The molecule has 0 atom stereocenters. The number of carbonyl (C=O) groups excluding carboxylic acids is 1. The number of imidazole rings is 1. The van der Waals surface area contributed by atoms with Gasteiger partial charge in [0, 0.05) is 31.7 Å². The second-order valence-electron chi connectivity index (χ2n) is 9.74. The Morgan fingerprint density at radius 2 is 1.97 bits per heavy atom. The zero-order chi connectivity index (χ0) is 25.2. The number of amides is 1. The molecule has 10 heteroatoms. The van der Waals surface area contributed by atoms with E-state index in [0.717, 1.165) is 65.1 Å². The Morgan fingerprint density at radius 1 is 1.23 bits per heavy atom. The third kappa shape index (κ3) is 5.86. The number of halogens is 1. The Morgan fingerprint density at radius 3 is 2.60 bits per heavy atom. The summed E-state index contributed by atoms with van der Waals surface area (Å²) in [7, 11) is 1.65. The van der Waals surface area contributed by atoms with E-state index in [0.29, 0.717) is 18.4 Å². The second-order valence-corrected chi connectivity index (χ2v) is 10.6. The number of rotatable bonds is 6. The molecule has 1 saturated heterocycles. The van der Waals surface area contributed by atoms with E-state index in [1.807, 2.05) is 49.9 Å². The number of benzene rings is 1. The third-order valence-electron chi connectivity index (χ3n) is 6.05. The minimum Gasteiger partial charge on any atom is -0.496 e. The van der Waals surface area contributed by atoms with Crippen LogP contribution in [-0.2, 0) is 11.3 Å². The molecule has 0 radical (unpaired) electrons. The summed E-state index contributed by atoms with van der Waals surface area (Å²) in [5.74, 6) is 1.86. The van der Waals surface area contributed by atoms with Crippen LogP contribution in [0.4, 0.5) is 10.7 Å². The lowest BCUT2D eigenvalue weighted by atomic mass is 9.97. The van der Waals surface area contributed by atoms with Crippen molar-refractivity contribution in [2.75, 3.05) is 31.6 Å². The molecule has 0 aliphatic carbocycles. The number of methoxy groups -OCH3 is 1. The summed E-state index contributed by atoms with van der Waals surface area (Å²) in [6.45, 7) is 10.7. The molecular weight excluding hydrogens is 512 g/mol. The maximum absolute atomic E-state index is 12.0. The van der Waals surface area contributed by atoms with Gasteiger partial charge >= 0.3 is 6.09 Å². The molecule has 9 nitrogen and oxygen atoms in total. The van der Waals surface area contributed by atoms with Gasteiger partial charge in [0.25, 0.3) is 0 Å². The van der Waals surface area contributed by atoms with Crippen LogP contribution in [-0.4, -0.2) is 58.0 Å². The molecule has 35 heavy (non-hydrogen) atoms. The van der Waals surface area contributed by atoms with E-state index in [1.165, 1.54) is 0 Å². The minimum atomic E-state index is -0.494. The number of piperidine rings is 1. The number of alkyl carbamates (subject to hydrolysis) is 1. The molecule has 0 saturated carbocycles. The van der Waals surface area contributed by atoms with E-state index >= 15 is 0 Å². The van der Waals surface area contributed by atoms with E-state index < -0.39 is 5.60 Å². The van der Waals surface area contributed by atoms with Gasteiger partial charge in [-0.2, -0.15) is 4.98 Å². The first-order valence-electron chi connectivity index (χ1n) is 12.0. The Bertz CT molecular complexity index is 1200. The number of nitrogens with zero attached hydrogens (tertiary/aromatic N) is 5. The lowest BCUT2D eigenvalue weighted by Gasteiger charge is -2.32. The Labute approximate surface area is 214 Å². The summed E-state index contributed by atoms with van der Waals surface area (Å²) in [5, 5.41) is 2.91. The van der Waals surface area contributed by atoms with Crippen LogP contribution in [0.15, 0.2) is 29.0 Å². The van der Waals surface area contributed by atoms with Crippen molar-refractivity contribution in [2.24, 2.45) is 5.92 Å². The Kier molecular flexibility index (Phi) is 7.49. The van der Waals surface area contributed by atoms with Gasteiger partial charge in [0.1, 0.15) is 22.6 Å². The second kappa shape index (κ2) is 10.4. The van der Waals surface area contributed by atoms with E-state index in [2.05, 4.69) is 38.1 Å². The summed E-state index contributed by atoms with van der Waals surface area (Å²) < 4.78 is 13.6. The van der Waals surface area contributed by atoms with Gasteiger partial charge in [-0.05, 0) is 80.6 Å². The molecular formula is C25H33BrN6O3. The topological polar surface area (TPSA) is 94.4 Å². The highest BCUT2D eigenvalue weighted by atomic mass is 79.9. The molecule has 3 aromatic rings. The van der Waals surface area contributed by atoms with Crippen molar-refractivity contribution in [3.8, 4) is 17.0 Å². The molecule has 0 unspecified atom stereocenters. The predicted octanol–water partition coefficient (Wildman–Crippen LogP) is 5.03. The maximum atomic E-state index is 12.0. The first-order chi connectivity index (χ1) is 16.7. The van der Waals surface area contributed by atoms with Crippen molar-refractivity contribution >= 4 is 39.1 Å². The normalized spacial score (nSPS) is 14.9. The summed E-state index contributed by atoms with van der Waals surface area (Å²) in [4.78, 5) is 28.7. The van der Waals surface area contributed by atoms with E-state index in [1.54, 1.807) is 7.11 Å². The average molecular weight is 545 g/mol. The molecule has 1 fully saturated rings. The van der Waals surface area contributed by atoms with Crippen molar-refractivity contribution < 1.29 is 14.3 Å². The lowest BCUT2D eigenvalue weighted by Crippen LogP contribution is -2.40. The van der Waals surface area contributed by atoms with Gasteiger partial charge in [0.2, 0.25) is 5.95 Å². The molecule has 3 heterocycles. The predicted molar refractivity (Wildman–Crippen MR) is 140 cm³/mol. The van der Waals surface area contributed by atoms with Crippen molar-refractivity contribution in [2.45, 2.75) is 52.7 Å². The average Bonchev–Trinajstić information content (AvgIpc) is 3.24. The molecule has 0 spiro atoms. The van der Waals surface area contributed by atoms with Crippen molar-refractivity contribution in [1.29, 1.82) is 0 Å². The fraction of sp³-hybridized carbons (Fsp3) is 0.520. The first-order valence-corrected chi connectivity index (χ1v) is 12.8. The molecule has 0 bridgehead atoms. The highest BCUT2D eigenvalue weighted by Gasteiger charge is 2.25. The zero-order valence-electron chi connectivity index (χ0n) is 21.0. The molecule has 2 aromatic heterocycles. The van der Waals surface area contributed by atoms with Crippen LogP contribution in [0.5, 0.6) is 5.75 Å². The summed E-state index contributed by atoms with van der Waals surface area (Å²) in [6.07, 6.45) is 3.33. The number of aromatic nitrogens is 4. The van der Waals surface area contributed by atoms with Gasteiger partial charge in [0.15, 0.2) is 5.65 Å². The number of carbonyl (C=O) groups is 1. The van der Waals surface area contributed by atoms with Crippen LogP contribution in [0, 0.1) is 5.92 Å². The standard InChI is InChI=1S/C25H33BrN6O3/c1-6-31-15-28-21-20(17-7-8-19(34-5)18(26)13-17)29-23(30-22(21)31)32-11-9-16(10-12-32)14-27-24(33)35-25(2,3)4/h7-8,13,15-16H,6,9-12,14H2,1-5H3,(H,27,33). The molecule has 188 valence electrons. The largest absolute Gasteiger partial charge is 0.496 e. The first kappa shape index (κ1) is 25.2. The highest BCUT2D eigenvalue weighted by Crippen LogP contribution is 2.34. The smallest absolute Gasteiger partial charge is 0.407 e. The summed E-state index contributed by atoms with van der Waals surface area (Å²) in [6, 6.07) is 5.92. The Hall–Kier alpha value is -2.88. The highest BCUT2D eigenvalue weighted by molar-refractivity contribution is 9.10. The molecule has 1 N–H and O–H groups in total. The summed E-state index contributed by atoms with van der Waals surface area (Å²) in [5.41, 5.74) is 2.86. The van der Waals surface area contributed by atoms with Gasteiger partial charge < -0.3 is 24.3 Å². The van der Waals surface area contributed by atoms with E-state index in [9.17, 15) is 4.79 Å². The van der Waals surface area contributed by atoms with Crippen molar-refractivity contribution in [3.05, 3.63) is 29.0 Å². The van der Waals surface area contributed by atoms with E-state index in [-0.39, 0.29) is 6.09 Å². The lowest BCUT2D eigenvalue weighted by molar-refractivity contribution is 0.0516. The molecule has 4 rings (SSSR count). The van der Waals surface area contributed by atoms with Crippen LogP contribution >= 0.6 is 15.9 Å². The number of hydrogen-bond acceptors (Lipinski definition) is 7. The SMILES string of the molecule is CCn1cnc2c(-c3ccc(OC)c(Br)c3)nc(N3CCC(CNC(=O)OC(C)(C)C)CC3)nc21. The monoisotopic (exact) mass is 544 g/mol. The fourth-order valence-corrected chi connectivity index (χ4v) is 4.74. The molecule has 1 aliphatic rings. The number of hydrogen-bond donors (Lipinski definition) is 1. The number of anilines is 1. The fourth-order valence-electron chi connectivity index (χ4n) is 4.20. The van der Waals surface area contributed by atoms with Crippen LogP contribution in [0.1, 0.15) is 40.5 Å². The number of ether oxygens (including phenoxy) is 2. The minimum absolute atomic E-state index is 0.364. The molecule has 1 amide bonds. The zero-order valence-corrected chi connectivity index (χ0v) is 22.6. The van der Waals surface area contributed by atoms with Crippen molar-refractivity contribution in [1.82, 2.24) is 24.8 Å². The molecule has 1 aromatic carbocycles. The third-order valence-corrected chi connectivity index (χ3v) is 6.67. The Balaban J connectivity index is 1.53. The van der Waals surface area contributed by atoms with Crippen LogP contribution in [0.3, 0.4) is 0 Å². The van der Waals surface area contributed by atoms with Crippen LogP contribution < -0.4 is 15.0 Å². The van der Waals surface area contributed by atoms with E-state index in [4.69, 9.17) is 19.4 Å². The van der Waals surface area contributed by atoms with Gasteiger partial charge in [-0.25, -0.2) is 14.8 Å². The summed E-state index contributed by atoms with van der Waals surface area (Å²) >= 11 is 3.59. The number of fused-ring (bicyclic) bond motifs is 1. The molecule has 1 aliphatic heterocycles. The van der Waals surface area contributed by atoms with Crippen LogP contribution in [0.25, 0.3) is 22.4 Å². The van der Waals surface area contributed by atoms with Gasteiger partial charge in [-0.3, -0.25) is 0 Å². The van der Waals surface area contributed by atoms with Crippen molar-refractivity contribution in [3.63, 3.8) is 0 Å². The van der Waals surface area contributed by atoms with Crippen LogP contribution in [0.2, 0.25) is 0 Å². The number of aryl methyl sites for hydroxylation is 1. The maximum Gasteiger partial charge on any atom is 0.407 e. The van der Waals surface area contributed by atoms with Gasteiger partial charge in [0.05, 0.1) is 17.9 Å². The van der Waals surface area contributed by atoms with Gasteiger partial charge in [-0.1, -0.05) is 0 Å². The quantitative estimate of drug-likeness (QED) is 0.465. The van der Waals surface area contributed by atoms with Gasteiger partial charge in [-0.15, -0.1) is 0 Å².